The Bertz CT molecular complexity index is 1060. The van der Waals surface area contributed by atoms with E-state index < -0.39 is 21.9 Å². The minimum absolute atomic E-state index is 0.00904. The molecule has 1 aliphatic rings. The van der Waals surface area contributed by atoms with Crippen molar-refractivity contribution < 1.29 is 27.5 Å². The van der Waals surface area contributed by atoms with Gasteiger partial charge in [0.05, 0.1) is 17.7 Å². The van der Waals surface area contributed by atoms with Gasteiger partial charge in [0.2, 0.25) is 5.91 Å². The number of nitrogens with zero attached hydrogens (tertiary/aromatic N) is 1. The summed E-state index contributed by atoms with van der Waals surface area (Å²) >= 11 is 0. The van der Waals surface area contributed by atoms with Crippen molar-refractivity contribution in [2.75, 3.05) is 18.5 Å². The van der Waals surface area contributed by atoms with E-state index in [1.807, 2.05) is 0 Å². The van der Waals surface area contributed by atoms with Crippen LogP contribution in [0.4, 0.5) is 5.69 Å². The van der Waals surface area contributed by atoms with Gasteiger partial charge < -0.3 is 10.1 Å². The van der Waals surface area contributed by atoms with Crippen LogP contribution in [0.5, 0.6) is 0 Å². The number of rotatable bonds is 7. The number of nitrogens with one attached hydrogen (secondary N) is 1. The van der Waals surface area contributed by atoms with Crippen molar-refractivity contribution in [1.82, 2.24) is 4.31 Å². The van der Waals surface area contributed by atoms with Crippen molar-refractivity contribution in [3.8, 4) is 0 Å². The van der Waals surface area contributed by atoms with Gasteiger partial charge in [-0.2, -0.15) is 0 Å². The molecule has 0 radical (unpaired) electrons. The Labute approximate surface area is 168 Å². The molecule has 29 heavy (non-hydrogen) atoms. The molecule has 0 aliphatic carbocycles. The van der Waals surface area contributed by atoms with Gasteiger partial charge in [0.25, 0.3) is 15.9 Å². The molecule has 0 atom stereocenters. The highest BCUT2D eigenvalue weighted by atomic mass is 32.2. The molecular formula is C20H20N2O6S. The molecule has 2 amide bonds. The van der Waals surface area contributed by atoms with Crippen LogP contribution in [0, 0.1) is 0 Å². The summed E-state index contributed by atoms with van der Waals surface area (Å²) in [7, 11) is -3.87. The lowest BCUT2D eigenvalue weighted by Crippen LogP contribution is -2.31. The quantitative estimate of drug-likeness (QED) is 0.694. The third-order valence-corrected chi connectivity index (χ3v) is 6.18. The van der Waals surface area contributed by atoms with E-state index in [1.54, 1.807) is 37.3 Å². The molecule has 9 heteroatoms. The Kier molecular flexibility index (Phi) is 5.97. The van der Waals surface area contributed by atoms with Crippen LogP contribution in [0.3, 0.4) is 0 Å². The SMILES string of the molecule is CCOC(=O)c1cccc(NC(=O)CCCN2C(=O)c3ccccc3S2(=O)=O)c1. The summed E-state index contributed by atoms with van der Waals surface area (Å²) in [4.78, 5) is 36.3. The van der Waals surface area contributed by atoms with Gasteiger partial charge >= 0.3 is 5.97 Å². The van der Waals surface area contributed by atoms with E-state index in [4.69, 9.17) is 4.74 Å². The second-order valence-corrected chi connectivity index (χ2v) is 8.16. The Hall–Kier alpha value is -3.20. The molecule has 152 valence electrons. The number of esters is 1. The first-order chi connectivity index (χ1) is 13.8. The first-order valence-electron chi connectivity index (χ1n) is 9.07. The van der Waals surface area contributed by atoms with E-state index in [2.05, 4.69) is 5.32 Å². The third-order valence-electron chi connectivity index (χ3n) is 4.33. The van der Waals surface area contributed by atoms with Crippen molar-refractivity contribution >= 4 is 33.5 Å². The number of anilines is 1. The van der Waals surface area contributed by atoms with E-state index in [9.17, 15) is 22.8 Å². The first-order valence-corrected chi connectivity index (χ1v) is 10.5. The molecule has 0 bridgehead atoms. The molecule has 0 saturated carbocycles. The maximum absolute atomic E-state index is 12.5. The van der Waals surface area contributed by atoms with Crippen molar-refractivity contribution in [2.24, 2.45) is 0 Å². The lowest BCUT2D eigenvalue weighted by atomic mass is 10.2. The molecule has 1 N–H and O–H groups in total. The summed E-state index contributed by atoms with van der Waals surface area (Å²) < 4.78 is 30.7. The second kappa shape index (κ2) is 8.44. The fourth-order valence-corrected chi connectivity index (χ4v) is 4.60. The molecule has 0 unspecified atom stereocenters. The van der Waals surface area contributed by atoms with Crippen LogP contribution < -0.4 is 5.32 Å². The van der Waals surface area contributed by atoms with Crippen LogP contribution >= 0.6 is 0 Å². The minimum atomic E-state index is -3.87. The second-order valence-electron chi connectivity index (χ2n) is 6.33. The average molecular weight is 416 g/mol. The van der Waals surface area contributed by atoms with Crippen LogP contribution in [-0.4, -0.2) is 43.7 Å². The first kappa shape index (κ1) is 20.5. The van der Waals surface area contributed by atoms with Gasteiger partial charge in [0, 0.05) is 18.7 Å². The lowest BCUT2D eigenvalue weighted by molar-refractivity contribution is -0.116. The molecule has 1 aliphatic heterocycles. The summed E-state index contributed by atoms with van der Waals surface area (Å²) in [6.07, 6.45) is 0.182. The number of ether oxygens (including phenoxy) is 1. The maximum Gasteiger partial charge on any atom is 0.338 e. The number of amides is 2. The molecule has 1 heterocycles. The van der Waals surface area contributed by atoms with Crippen LogP contribution in [0.2, 0.25) is 0 Å². The molecule has 3 rings (SSSR count). The highest BCUT2D eigenvalue weighted by Crippen LogP contribution is 2.30. The van der Waals surface area contributed by atoms with Crippen LogP contribution in [0.1, 0.15) is 40.5 Å². The Morgan fingerprint density at radius 3 is 2.59 bits per heavy atom. The smallest absolute Gasteiger partial charge is 0.338 e. The molecular weight excluding hydrogens is 396 g/mol. The van der Waals surface area contributed by atoms with Crippen molar-refractivity contribution in [1.29, 1.82) is 0 Å². The number of fused-ring (bicyclic) bond motifs is 1. The fraction of sp³-hybridized carbons (Fsp3) is 0.250. The normalized spacial score (nSPS) is 14.4. The number of hydrogen-bond donors (Lipinski definition) is 1. The molecule has 0 aromatic heterocycles. The van der Waals surface area contributed by atoms with Crippen LogP contribution in [-0.2, 0) is 19.6 Å². The molecule has 2 aromatic rings. The predicted octanol–water partition coefficient (Wildman–Crippen LogP) is 2.43. The van der Waals surface area contributed by atoms with Gasteiger partial charge in [-0.05, 0) is 43.7 Å². The Balaban J connectivity index is 1.57. The number of carbonyl (C=O) groups excluding carboxylic acids is 3. The van der Waals surface area contributed by atoms with Crippen molar-refractivity contribution in [2.45, 2.75) is 24.7 Å². The highest BCUT2D eigenvalue weighted by molar-refractivity contribution is 7.90. The maximum atomic E-state index is 12.5. The fourth-order valence-electron chi connectivity index (χ4n) is 3.00. The van der Waals surface area contributed by atoms with E-state index in [0.29, 0.717) is 11.3 Å². The van der Waals surface area contributed by atoms with Crippen LogP contribution in [0.25, 0.3) is 0 Å². The van der Waals surface area contributed by atoms with E-state index in [-0.39, 0.29) is 42.4 Å². The van der Waals surface area contributed by atoms with E-state index >= 15 is 0 Å². The average Bonchev–Trinajstić information content (AvgIpc) is 2.89. The molecule has 0 saturated heterocycles. The standard InChI is InChI=1S/C20H20N2O6S/c1-2-28-20(25)14-7-5-8-15(13-14)21-18(23)11-6-12-22-19(24)16-9-3-4-10-17(16)29(22,26)27/h3-5,7-10,13H,2,6,11-12H2,1H3,(H,21,23). The summed E-state index contributed by atoms with van der Waals surface area (Å²) in [5.41, 5.74) is 0.890. The molecule has 8 nitrogen and oxygen atoms in total. The van der Waals surface area contributed by atoms with Gasteiger partial charge in [0.15, 0.2) is 0 Å². The van der Waals surface area contributed by atoms with Gasteiger partial charge in [-0.3, -0.25) is 9.59 Å². The van der Waals surface area contributed by atoms with Gasteiger partial charge in [-0.25, -0.2) is 17.5 Å². The highest BCUT2D eigenvalue weighted by Gasteiger charge is 2.40. The summed E-state index contributed by atoms with van der Waals surface area (Å²) in [6, 6.07) is 12.4. The zero-order chi connectivity index (χ0) is 21.0. The Morgan fingerprint density at radius 2 is 1.86 bits per heavy atom. The number of carbonyl (C=O) groups is 3. The topological polar surface area (TPSA) is 110 Å². The third kappa shape index (κ3) is 4.29. The van der Waals surface area contributed by atoms with Crippen LogP contribution in [0.15, 0.2) is 53.4 Å². The van der Waals surface area contributed by atoms with Crippen molar-refractivity contribution in [3.63, 3.8) is 0 Å². The lowest BCUT2D eigenvalue weighted by Gasteiger charge is -2.14. The minimum Gasteiger partial charge on any atom is -0.462 e. The zero-order valence-electron chi connectivity index (χ0n) is 15.8. The largest absolute Gasteiger partial charge is 0.462 e. The van der Waals surface area contributed by atoms with Gasteiger partial charge in [-0.15, -0.1) is 0 Å². The zero-order valence-corrected chi connectivity index (χ0v) is 16.6. The summed E-state index contributed by atoms with van der Waals surface area (Å²) in [5.74, 6) is -1.42. The monoisotopic (exact) mass is 416 g/mol. The summed E-state index contributed by atoms with van der Waals surface area (Å²) in [6.45, 7) is 1.86. The number of hydrogen-bond acceptors (Lipinski definition) is 6. The van der Waals surface area contributed by atoms with E-state index in [1.165, 1.54) is 18.2 Å². The number of benzene rings is 2. The van der Waals surface area contributed by atoms with Gasteiger partial charge in [0.1, 0.15) is 4.90 Å². The van der Waals surface area contributed by atoms with Gasteiger partial charge in [-0.1, -0.05) is 18.2 Å². The predicted molar refractivity (Wildman–Crippen MR) is 105 cm³/mol. The number of sulfonamides is 1. The van der Waals surface area contributed by atoms with Crippen molar-refractivity contribution in [3.05, 3.63) is 59.7 Å². The Morgan fingerprint density at radius 1 is 1.10 bits per heavy atom. The molecule has 0 spiro atoms. The summed E-state index contributed by atoms with van der Waals surface area (Å²) in [5, 5.41) is 2.65. The molecule has 2 aromatic carbocycles. The molecule has 0 fully saturated rings. The van der Waals surface area contributed by atoms with E-state index in [0.717, 1.165) is 4.31 Å².